The maximum absolute atomic E-state index is 4.40. The first-order valence-corrected chi connectivity index (χ1v) is 6.35. The Morgan fingerprint density at radius 1 is 1.41 bits per heavy atom. The van der Waals surface area contributed by atoms with Gasteiger partial charge in [0.05, 0.1) is 12.0 Å². The van der Waals surface area contributed by atoms with E-state index in [4.69, 9.17) is 0 Å². The van der Waals surface area contributed by atoms with Crippen LogP contribution in [0.1, 0.15) is 33.4 Å². The lowest BCUT2D eigenvalue weighted by Gasteiger charge is -2.19. The van der Waals surface area contributed by atoms with Crippen LogP contribution in [0.2, 0.25) is 0 Å². The fraction of sp³-hybridized carbons (Fsp3) is 0.769. The lowest BCUT2D eigenvalue weighted by Crippen LogP contribution is -2.35. The van der Waals surface area contributed by atoms with E-state index < -0.39 is 0 Å². The zero-order valence-electron chi connectivity index (χ0n) is 11.8. The highest BCUT2D eigenvalue weighted by molar-refractivity contribution is 4.97. The monoisotopic (exact) mass is 238 g/mol. The molecule has 0 radical (unpaired) electrons. The minimum absolute atomic E-state index is 0.145. The first kappa shape index (κ1) is 14.2. The van der Waals surface area contributed by atoms with Crippen LogP contribution in [-0.2, 0) is 13.1 Å². The van der Waals surface area contributed by atoms with Crippen molar-refractivity contribution in [3.8, 4) is 0 Å². The molecule has 98 valence electrons. The van der Waals surface area contributed by atoms with Crippen LogP contribution < -0.4 is 5.32 Å². The molecule has 1 rings (SSSR count). The van der Waals surface area contributed by atoms with Gasteiger partial charge in [0.25, 0.3) is 0 Å². The smallest absolute Gasteiger partial charge is 0.0950 e. The summed E-state index contributed by atoms with van der Waals surface area (Å²) in [5.74, 6) is 0. The van der Waals surface area contributed by atoms with Crippen LogP contribution in [0.25, 0.3) is 0 Å². The molecule has 0 atom stereocenters. The van der Waals surface area contributed by atoms with Crippen LogP contribution in [0.3, 0.4) is 0 Å². The van der Waals surface area contributed by atoms with Crippen molar-refractivity contribution in [2.24, 2.45) is 0 Å². The average molecular weight is 238 g/mol. The summed E-state index contributed by atoms with van der Waals surface area (Å²) in [5, 5.41) is 3.44. The van der Waals surface area contributed by atoms with Gasteiger partial charge >= 0.3 is 0 Å². The van der Waals surface area contributed by atoms with Crippen LogP contribution in [0.5, 0.6) is 0 Å². The first-order chi connectivity index (χ1) is 7.90. The number of imidazole rings is 1. The Kier molecular flexibility index (Phi) is 5.15. The fourth-order valence-electron chi connectivity index (χ4n) is 1.42. The zero-order chi connectivity index (χ0) is 12.9. The maximum atomic E-state index is 4.40. The van der Waals surface area contributed by atoms with Gasteiger partial charge in [-0.15, -0.1) is 0 Å². The third-order valence-corrected chi connectivity index (χ3v) is 2.77. The summed E-state index contributed by atoms with van der Waals surface area (Å²) in [6, 6.07) is 0. The summed E-state index contributed by atoms with van der Waals surface area (Å²) < 4.78 is 2.16. The molecule has 4 nitrogen and oxygen atoms in total. The Morgan fingerprint density at radius 3 is 2.71 bits per heavy atom. The maximum Gasteiger partial charge on any atom is 0.0950 e. The number of hydrogen-bond acceptors (Lipinski definition) is 3. The predicted molar refractivity (Wildman–Crippen MR) is 72.0 cm³/mol. The van der Waals surface area contributed by atoms with Crippen molar-refractivity contribution in [2.75, 3.05) is 20.1 Å². The molecule has 1 heterocycles. The van der Waals surface area contributed by atoms with Crippen LogP contribution in [0, 0.1) is 0 Å². The van der Waals surface area contributed by atoms with Gasteiger partial charge in [0.2, 0.25) is 0 Å². The molecule has 4 heteroatoms. The van der Waals surface area contributed by atoms with Gasteiger partial charge in [0.1, 0.15) is 0 Å². The Hall–Kier alpha value is -0.870. The summed E-state index contributed by atoms with van der Waals surface area (Å²) in [4.78, 5) is 6.70. The van der Waals surface area contributed by atoms with Gasteiger partial charge in [0.15, 0.2) is 0 Å². The number of aromatic nitrogens is 2. The second-order valence-electron chi connectivity index (χ2n) is 5.60. The Morgan fingerprint density at radius 2 is 2.12 bits per heavy atom. The van der Waals surface area contributed by atoms with E-state index in [1.807, 2.05) is 6.33 Å². The van der Waals surface area contributed by atoms with Crippen molar-refractivity contribution in [1.82, 2.24) is 19.8 Å². The highest BCUT2D eigenvalue weighted by atomic mass is 15.1. The lowest BCUT2D eigenvalue weighted by atomic mass is 10.1. The fourth-order valence-corrected chi connectivity index (χ4v) is 1.42. The molecule has 0 amide bonds. The van der Waals surface area contributed by atoms with Gasteiger partial charge in [-0.25, -0.2) is 4.98 Å². The molecule has 0 aliphatic carbocycles. The quantitative estimate of drug-likeness (QED) is 0.819. The molecular formula is C13H26N4. The van der Waals surface area contributed by atoms with Gasteiger partial charge in [-0.1, -0.05) is 6.92 Å². The molecule has 1 aromatic heterocycles. The van der Waals surface area contributed by atoms with Crippen molar-refractivity contribution < 1.29 is 0 Å². The largest absolute Gasteiger partial charge is 0.336 e. The van der Waals surface area contributed by atoms with E-state index in [0.717, 1.165) is 31.9 Å². The van der Waals surface area contributed by atoms with E-state index in [2.05, 4.69) is 60.7 Å². The molecular weight excluding hydrogens is 212 g/mol. The summed E-state index contributed by atoms with van der Waals surface area (Å²) in [7, 11) is 2.14. The topological polar surface area (TPSA) is 33.1 Å². The van der Waals surface area contributed by atoms with Crippen molar-refractivity contribution in [2.45, 2.75) is 46.3 Å². The summed E-state index contributed by atoms with van der Waals surface area (Å²) in [6.07, 6.45) is 4.05. The highest BCUT2D eigenvalue weighted by Crippen LogP contribution is 2.02. The van der Waals surface area contributed by atoms with E-state index in [0.29, 0.717) is 0 Å². The number of nitrogens with one attached hydrogen (secondary N) is 1. The molecule has 0 aliphatic rings. The van der Waals surface area contributed by atoms with E-state index in [9.17, 15) is 0 Å². The highest BCUT2D eigenvalue weighted by Gasteiger charge is 2.09. The minimum atomic E-state index is 0.145. The second-order valence-corrected chi connectivity index (χ2v) is 5.60. The molecule has 1 N–H and O–H groups in total. The van der Waals surface area contributed by atoms with Crippen LogP contribution >= 0.6 is 0 Å². The molecule has 0 aromatic carbocycles. The second kappa shape index (κ2) is 6.17. The van der Waals surface area contributed by atoms with E-state index in [1.165, 1.54) is 0 Å². The SMILES string of the molecule is CCN(C)CCn1cnc(CNC(C)(C)C)c1. The van der Waals surface area contributed by atoms with Crippen molar-refractivity contribution in [1.29, 1.82) is 0 Å². The van der Waals surface area contributed by atoms with Gasteiger partial charge in [-0.2, -0.15) is 0 Å². The number of likely N-dealkylation sites (N-methyl/N-ethyl adjacent to an activating group) is 1. The molecule has 0 saturated carbocycles. The zero-order valence-corrected chi connectivity index (χ0v) is 11.8. The van der Waals surface area contributed by atoms with Crippen LogP contribution in [0.15, 0.2) is 12.5 Å². The molecule has 17 heavy (non-hydrogen) atoms. The molecule has 0 spiro atoms. The molecule has 0 fully saturated rings. The van der Waals surface area contributed by atoms with Gasteiger partial charge < -0.3 is 14.8 Å². The predicted octanol–water partition coefficient (Wildman–Crippen LogP) is 1.72. The van der Waals surface area contributed by atoms with Crippen molar-refractivity contribution in [3.05, 3.63) is 18.2 Å². The minimum Gasteiger partial charge on any atom is -0.336 e. The van der Waals surface area contributed by atoms with Crippen LogP contribution in [0.4, 0.5) is 0 Å². The summed E-state index contributed by atoms with van der Waals surface area (Å²) >= 11 is 0. The molecule has 0 unspecified atom stereocenters. The Balaban J connectivity index is 2.37. The molecule has 0 bridgehead atoms. The molecule has 0 aliphatic heterocycles. The summed E-state index contributed by atoms with van der Waals surface area (Å²) in [6.45, 7) is 12.7. The Bertz CT molecular complexity index is 324. The number of rotatable bonds is 6. The Labute approximate surface area is 105 Å². The molecule has 0 saturated heterocycles. The first-order valence-electron chi connectivity index (χ1n) is 6.35. The van der Waals surface area contributed by atoms with E-state index >= 15 is 0 Å². The number of hydrogen-bond donors (Lipinski definition) is 1. The van der Waals surface area contributed by atoms with Gasteiger partial charge in [0, 0.05) is 31.4 Å². The summed E-state index contributed by atoms with van der Waals surface area (Å²) in [5.41, 5.74) is 1.26. The normalized spacial score (nSPS) is 12.4. The van der Waals surface area contributed by atoms with Crippen molar-refractivity contribution >= 4 is 0 Å². The number of nitrogens with zero attached hydrogens (tertiary/aromatic N) is 3. The third kappa shape index (κ3) is 5.84. The van der Waals surface area contributed by atoms with Gasteiger partial charge in [-0.05, 0) is 34.4 Å². The lowest BCUT2D eigenvalue weighted by molar-refractivity contribution is 0.335. The van der Waals surface area contributed by atoms with Crippen molar-refractivity contribution in [3.63, 3.8) is 0 Å². The standard InChI is InChI=1S/C13H26N4/c1-6-16(5)7-8-17-10-12(14-11-17)9-15-13(2,3)4/h10-11,15H,6-9H2,1-5H3. The average Bonchev–Trinajstić information content (AvgIpc) is 2.70. The van der Waals surface area contributed by atoms with Gasteiger partial charge in [-0.3, -0.25) is 0 Å². The van der Waals surface area contributed by atoms with E-state index in [1.54, 1.807) is 0 Å². The van der Waals surface area contributed by atoms with E-state index in [-0.39, 0.29) is 5.54 Å². The molecule has 1 aromatic rings. The van der Waals surface area contributed by atoms with Crippen LogP contribution in [-0.4, -0.2) is 40.1 Å². The third-order valence-electron chi connectivity index (χ3n) is 2.77.